The van der Waals surface area contributed by atoms with E-state index in [1.165, 1.54) is 5.56 Å². The van der Waals surface area contributed by atoms with Crippen LogP contribution in [0.1, 0.15) is 44.1 Å². The highest BCUT2D eigenvalue weighted by molar-refractivity contribution is 5.82. The van der Waals surface area contributed by atoms with E-state index < -0.39 is 5.54 Å². The van der Waals surface area contributed by atoms with Crippen molar-refractivity contribution < 1.29 is 9.53 Å². The van der Waals surface area contributed by atoms with Gasteiger partial charge in [-0.25, -0.2) is 0 Å². The lowest BCUT2D eigenvalue weighted by atomic mass is 9.69. The average Bonchev–Trinajstić information content (AvgIpc) is 2.54. The van der Waals surface area contributed by atoms with Crippen molar-refractivity contribution in [2.24, 2.45) is 0 Å². The Kier molecular flexibility index (Phi) is 5.41. The Bertz CT molecular complexity index is 506. The average molecular weight is 285 g/mol. The standard InChI is InChI=1S/C18H23NO2/c1-3-14-19-18(17(20)21-4-2)13-9-8-12-16(18)15-10-6-5-7-11-15/h1,5-7,10-11,16,19H,4,8-9,12-14H2,2H3. The number of ether oxygens (including phenoxy) is 1. The number of nitrogens with one attached hydrogen (secondary N) is 1. The molecule has 1 saturated carbocycles. The Balaban J connectivity index is 2.37. The maximum atomic E-state index is 12.7. The van der Waals surface area contributed by atoms with Gasteiger partial charge in [-0.05, 0) is 25.3 Å². The molecule has 0 radical (unpaired) electrons. The first-order valence-electron chi connectivity index (χ1n) is 7.65. The van der Waals surface area contributed by atoms with Crippen LogP contribution in [0.25, 0.3) is 0 Å². The third-order valence-corrected chi connectivity index (χ3v) is 4.26. The molecule has 0 aromatic heterocycles. The van der Waals surface area contributed by atoms with Gasteiger partial charge in [-0.3, -0.25) is 10.1 Å². The molecule has 0 spiro atoms. The summed E-state index contributed by atoms with van der Waals surface area (Å²) in [6, 6.07) is 10.2. The molecule has 2 atom stereocenters. The lowest BCUT2D eigenvalue weighted by Crippen LogP contribution is -2.58. The van der Waals surface area contributed by atoms with Crippen molar-refractivity contribution in [3.05, 3.63) is 35.9 Å². The van der Waals surface area contributed by atoms with E-state index in [0.29, 0.717) is 13.2 Å². The molecule has 1 aliphatic carbocycles. The Morgan fingerprint density at radius 3 is 2.86 bits per heavy atom. The first kappa shape index (κ1) is 15.6. The molecule has 1 aromatic carbocycles. The fourth-order valence-corrected chi connectivity index (χ4v) is 3.31. The molecule has 1 aromatic rings. The van der Waals surface area contributed by atoms with Gasteiger partial charge in [0.2, 0.25) is 0 Å². The Morgan fingerprint density at radius 1 is 1.43 bits per heavy atom. The molecule has 0 bridgehead atoms. The molecule has 0 amide bonds. The van der Waals surface area contributed by atoms with Crippen molar-refractivity contribution in [2.45, 2.75) is 44.1 Å². The van der Waals surface area contributed by atoms with Crippen molar-refractivity contribution in [1.29, 1.82) is 0 Å². The zero-order valence-electron chi connectivity index (χ0n) is 12.6. The van der Waals surface area contributed by atoms with Crippen LogP contribution in [0.3, 0.4) is 0 Å². The molecule has 1 fully saturated rings. The maximum absolute atomic E-state index is 12.7. The van der Waals surface area contributed by atoms with Crippen molar-refractivity contribution >= 4 is 5.97 Å². The number of carbonyl (C=O) groups excluding carboxylic acids is 1. The molecule has 2 unspecified atom stereocenters. The number of hydrogen-bond acceptors (Lipinski definition) is 3. The van der Waals surface area contributed by atoms with Crippen LogP contribution in [-0.2, 0) is 9.53 Å². The molecular weight excluding hydrogens is 262 g/mol. The summed E-state index contributed by atoms with van der Waals surface area (Å²) in [5.41, 5.74) is 0.483. The molecule has 112 valence electrons. The molecule has 2 rings (SSSR count). The third kappa shape index (κ3) is 3.28. The van der Waals surface area contributed by atoms with Gasteiger partial charge in [-0.2, -0.15) is 0 Å². The van der Waals surface area contributed by atoms with Gasteiger partial charge in [-0.1, -0.05) is 49.1 Å². The number of hydrogen-bond donors (Lipinski definition) is 1. The molecule has 1 N–H and O–H groups in total. The van der Waals surface area contributed by atoms with Gasteiger partial charge >= 0.3 is 5.97 Å². The van der Waals surface area contributed by atoms with Gasteiger partial charge in [0.05, 0.1) is 13.2 Å². The molecule has 0 saturated heterocycles. The van der Waals surface area contributed by atoms with Crippen LogP contribution in [0.2, 0.25) is 0 Å². The lowest BCUT2D eigenvalue weighted by molar-refractivity contribution is -0.153. The van der Waals surface area contributed by atoms with Gasteiger partial charge < -0.3 is 4.74 Å². The highest BCUT2D eigenvalue weighted by Gasteiger charge is 2.48. The topological polar surface area (TPSA) is 38.3 Å². The van der Waals surface area contributed by atoms with Crippen LogP contribution >= 0.6 is 0 Å². The van der Waals surface area contributed by atoms with E-state index in [1.807, 2.05) is 25.1 Å². The fraction of sp³-hybridized carbons (Fsp3) is 0.500. The predicted molar refractivity (Wildman–Crippen MR) is 83.9 cm³/mol. The highest BCUT2D eigenvalue weighted by Crippen LogP contribution is 2.41. The van der Waals surface area contributed by atoms with E-state index in [1.54, 1.807) is 0 Å². The van der Waals surface area contributed by atoms with E-state index in [0.717, 1.165) is 25.7 Å². The SMILES string of the molecule is C#CCNC1(C(=O)OCC)CCCCC1c1ccccc1. The summed E-state index contributed by atoms with van der Waals surface area (Å²) in [5.74, 6) is 2.53. The van der Waals surface area contributed by atoms with Gasteiger partial charge in [0.1, 0.15) is 5.54 Å². The van der Waals surface area contributed by atoms with Crippen molar-refractivity contribution in [3.63, 3.8) is 0 Å². The van der Waals surface area contributed by atoms with Crippen molar-refractivity contribution in [3.8, 4) is 12.3 Å². The van der Waals surface area contributed by atoms with Gasteiger partial charge in [0.15, 0.2) is 0 Å². The van der Waals surface area contributed by atoms with E-state index in [2.05, 4.69) is 23.4 Å². The fourth-order valence-electron chi connectivity index (χ4n) is 3.31. The summed E-state index contributed by atoms with van der Waals surface area (Å²) in [5, 5.41) is 3.31. The summed E-state index contributed by atoms with van der Waals surface area (Å²) in [4.78, 5) is 12.7. The molecular formula is C18H23NO2. The second kappa shape index (κ2) is 7.28. The number of rotatable bonds is 5. The van der Waals surface area contributed by atoms with Crippen LogP contribution in [0.5, 0.6) is 0 Å². The minimum atomic E-state index is -0.692. The van der Waals surface area contributed by atoms with Gasteiger partial charge in [-0.15, -0.1) is 6.42 Å². The lowest BCUT2D eigenvalue weighted by Gasteiger charge is -2.42. The molecule has 0 heterocycles. The van der Waals surface area contributed by atoms with E-state index in [4.69, 9.17) is 11.2 Å². The Labute approximate surface area is 127 Å². The molecule has 3 nitrogen and oxygen atoms in total. The van der Waals surface area contributed by atoms with Gasteiger partial charge in [0, 0.05) is 5.92 Å². The number of terminal acetylenes is 1. The summed E-state index contributed by atoms with van der Waals surface area (Å²) in [6.07, 6.45) is 9.28. The van der Waals surface area contributed by atoms with Crippen LogP contribution in [0, 0.1) is 12.3 Å². The molecule has 3 heteroatoms. The molecule has 0 aliphatic heterocycles. The summed E-state index contributed by atoms with van der Waals surface area (Å²) < 4.78 is 5.36. The largest absolute Gasteiger partial charge is 0.465 e. The van der Waals surface area contributed by atoms with Crippen LogP contribution in [-0.4, -0.2) is 24.7 Å². The smallest absolute Gasteiger partial charge is 0.326 e. The summed E-state index contributed by atoms with van der Waals surface area (Å²) in [6.45, 7) is 2.61. The zero-order chi connectivity index (χ0) is 15.1. The summed E-state index contributed by atoms with van der Waals surface area (Å²) in [7, 11) is 0. The number of carbonyl (C=O) groups is 1. The van der Waals surface area contributed by atoms with Crippen LogP contribution in [0.4, 0.5) is 0 Å². The first-order valence-corrected chi connectivity index (χ1v) is 7.65. The number of esters is 1. The first-order chi connectivity index (χ1) is 10.2. The maximum Gasteiger partial charge on any atom is 0.326 e. The van der Waals surface area contributed by atoms with E-state index >= 15 is 0 Å². The monoisotopic (exact) mass is 285 g/mol. The van der Waals surface area contributed by atoms with E-state index in [-0.39, 0.29) is 11.9 Å². The van der Waals surface area contributed by atoms with Gasteiger partial charge in [0.25, 0.3) is 0 Å². The van der Waals surface area contributed by atoms with Crippen molar-refractivity contribution in [2.75, 3.05) is 13.2 Å². The Hall–Kier alpha value is -1.79. The highest BCUT2D eigenvalue weighted by atomic mass is 16.5. The van der Waals surface area contributed by atoms with Crippen LogP contribution < -0.4 is 5.32 Å². The second-order valence-electron chi connectivity index (χ2n) is 5.46. The number of benzene rings is 1. The van der Waals surface area contributed by atoms with Crippen LogP contribution in [0.15, 0.2) is 30.3 Å². The third-order valence-electron chi connectivity index (χ3n) is 4.26. The quantitative estimate of drug-likeness (QED) is 0.668. The molecule has 1 aliphatic rings. The second-order valence-corrected chi connectivity index (χ2v) is 5.46. The predicted octanol–water partition coefficient (Wildman–Crippen LogP) is 2.87. The normalized spacial score (nSPS) is 25.0. The van der Waals surface area contributed by atoms with E-state index in [9.17, 15) is 4.79 Å². The zero-order valence-corrected chi connectivity index (χ0v) is 12.6. The Morgan fingerprint density at radius 2 is 2.19 bits per heavy atom. The van der Waals surface area contributed by atoms with Crippen molar-refractivity contribution in [1.82, 2.24) is 5.32 Å². The minimum Gasteiger partial charge on any atom is -0.465 e. The minimum absolute atomic E-state index is 0.111. The molecule has 21 heavy (non-hydrogen) atoms. The summed E-state index contributed by atoms with van der Waals surface area (Å²) >= 11 is 0.